The Balaban J connectivity index is 2.64. The molecule has 7 heteroatoms. The van der Waals surface area contributed by atoms with Gasteiger partial charge in [-0.2, -0.15) is 5.10 Å². The molecule has 1 aromatic heterocycles. The summed E-state index contributed by atoms with van der Waals surface area (Å²) in [5.74, 6) is 0.0941. The molecule has 0 aliphatic rings. The second-order valence-electron chi connectivity index (χ2n) is 4.39. The molecule has 1 amide bonds. The van der Waals surface area contributed by atoms with Gasteiger partial charge in [0.05, 0.1) is 18.4 Å². The summed E-state index contributed by atoms with van der Waals surface area (Å²) in [6, 6.07) is 0. The minimum absolute atomic E-state index is 0.0941. The lowest BCUT2D eigenvalue weighted by atomic mass is 10.3. The van der Waals surface area contributed by atoms with E-state index in [4.69, 9.17) is 0 Å². The van der Waals surface area contributed by atoms with Crippen molar-refractivity contribution in [1.82, 2.24) is 14.7 Å². The van der Waals surface area contributed by atoms with Crippen molar-refractivity contribution in [3.63, 3.8) is 0 Å². The zero-order valence-corrected chi connectivity index (χ0v) is 14.0. The van der Waals surface area contributed by atoms with Crippen molar-refractivity contribution >= 4 is 27.5 Å². The van der Waals surface area contributed by atoms with Gasteiger partial charge in [0.1, 0.15) is 4.47 Å². The largest absolute Gasteiger partial charge is 0.382 e. The van der Waals surface area contributed by atoms with Crippen LogP contribution < -0.4 is 10.9 Å². The molecule has 0 saturated carbocycles. The van der Waals surface area contributed by atoms with Gasteiger partial charge in [-0.3, -0.25) is 9.59 Å². The fourth-order valence-electron chi connectivity index (χ4n) is 1.88. The number of anilines is 1. The molecule has 0 bridgehead atoms. The van der Waals surface area contributed by atoms with Crippen molar-refractivity contribution in [3.05, 3.63) is 33.7 Å². The third-order valence-corrected chi connectivity index (χ3v) is 3.82. The van der Waals surface area contributed by atoms with Gasteiger partial charge in [-0.25, -0.2) is 4.68 Å². The molecule has 0 aliphatic heterocycles. The number of amides is 1. The third-order valence-electron chi connectivity index (χ3n) is 3.06. The molecule has 0 spiro atoms. The van der Waals surface area contributed by atoms with Crippen molar-refractivity contribution in [2.24, 2.45) is 0 Å². The highest BCUT2D eigenvalue weighted by Gasteiger charge is 2.11. The average molecular weight is 357 g/mol. The van der Waals surface area contributed by atoms with Crippen molar-refractivity contribution < 1.29 is 4.79 Å². The van der Waals surface area contributed by atoms with Gasteiger partial charge in [0, 0.05) is 26.1 Å². The number of carbonyl (C=O) groups is 1. The van der Waals surface area contributed by atoms with Crippen LogP contribution >= 0.6 is 15.9 Å². The highest BCUT2D eigenvalue weighted by atomic mass is 79.9. The predicted octanol–water partition coefficient (Wildman–Crippen LogP) is 1.86. The Labute approximate surface area is 133 Å². The van der Waals surface area contributed by atoms with Crippen LogP contribution in [0.25, 0.3) is 0 Å². The molecule has 0 saturated heterocycles. The zero-order chi connectivity index (χ0) is 15.8. The predicted molar refractivity (Wildman–Crippen MR) is 87.4 cm³/mol. The lowest BCUT2D eigenvalue weighted by Gasteiger charge is -2.18. The Bertz CT molecular complexity index is 552. The van der Waals surface area contributed by atoms with E-state index in [1.54, 1.807) is 17.2 Å². The second-order valence-corrected chi connectivity index (χ2v) is 5.18. The van der Waals surface area contributed by atoms with Gasteiger partial charge >= 0.3 is 0 Å². The molecule has 116 valence electrons. The van der Waals surface area contributed by atoms with Gasteiger partial charge < -0.3 is 10.2 Å². The summed E-state index contributed by atoms with van der Waals surface area (Å²) in [7, 11) is 0. The van der Waals surface area contributed by atoms with Gasteiger partial charge in [-0.05, 0) is 29.8 Å². The van der Waals surface area contributed by atoms with Gasteiger partial charge in [-0.15, -0.1) is 6.58 Å². The van der Waals surface area contributed by atoms with Crippen LogP contribution in [0.4, 0.5) is 5.69 Å². The summed E-state index contributed by atoms with van der Waals surface area (Å²) in [4.78, 5) is 25.6. The van der Waals surface area contributed by atoms with E-state index in [0.717, 1.165) is 0 Å². The second kappa shape index (κ2) is 8.61. The van der Waals surface area contributed by atoms with Crippen LogP contribution in [0, 0.1) is 0 Å². The first kappa shape index (κ1) is 17.4. The van der Waals surface area contributed by atoms with E-state index in [2.05, 4.69) is 32.9 Å². The van der Waals surface area contributed by atoms with E-state index in [0.29, 0.717) is 42.8 Å². The number of allylic oxidation sites excluding steroid dienone is 1. The molecule has 6 nitrogen and oxygen atoms in total. The smallest absolute Gasteiger partial charge is 0.283 e. The molecule has 21 heavy (non-hydrogen) atoms. The maximum absolute atomic E-state index is 12.0. The van der Waals surface area contributed by atoms with Gasteiger partial charge in [-0.1, -0.05) is 6.08 Å². The standard InChI is InChI=1S/C14H21BrN4O2/c1-4-9-19-14(21)13(15)11(10-17-19)16-8-7-12(20)18(5-2)6-3/h4,10,16H,1,5-9H2,2-3H3. The van der Waals surface area contributed by atoms with Crippen molar-refractivity contribution in [3.8, 4) is 0 Å². The van der Waals surface area contributed by atoms with Crippen LogP contribution in [0.15, 0.2) is 28.1 Å². The van der Waals surface area contributed by atoms with Crippen LogP contribution in [-0.2, 0) is 11.3 Å². The molecule has 0 fully saturated rings. The first-order valence-corrected chi connectivity index (χ1v) is 7.72. The Morgan fingerprint density at radius 2 is 2.19 bits per heavy atom. The molecular formula is C14H21BrN4O2. The Kier molecular flexibility index (Phi) is 7.14. The molecule has 0 unspecified atom stereocenters. The number of hydrogen-bond acceptors (Lipinski definition) is 4. The van der Waals surface area contributed by atoms with E-state index < -0.39 is 0 Å². The molecule has 1 aromatic rings. The van der Waals surface area contributed by atoms with E-state index >= 15 is 0 Å². The van der Waals surface area contributed by atoms with Crippen molar-refractivity contribution in [2.75, 3.05) is 25.0 Å². The Morgan fingerprint density at radius 3 is 2.76 bits per heavy atom. The third kappa shape index (κ3) is 4.70. The number of carbonyl (C=O) groups excluding carboxylic acids is 1. The van der Waals surface area contributed by atoms with Crippen molar-refractivity contribution in [1.29, 1.82) is 0 Å². The lowest BCUT2D eigenvalue weighted by molar-refractivity contribution is -0.130. The molecule has 0 aromatic carbocycles. The maximum atomic E-state index is 12.0. The highest BCUT2D eigenvalue weighted by Crippen LogP contribution is 2.16. The summed E-state index contributed by atoms with van der Waals surface area (Å²) >= 11 is 3.26. The molecule has 1 heterocycles. The highest BCUT2D eigenvalue weighted by molar-refractivity contribution is 9.10. The van der Waals surface area contributed by atoms with Crippen LogP contribution in [-0.4, -0.2) is 40.2 Å². The lowest BCUT2D eigenvalue weighted by Crippen LogP contribution is -2.31. The van der Waals surface area contributed by atoms with Gasteiger partial charge in [0.25, 0.3) is 5.56 Å². The quantitative estimate of drug-likeness (QED) is 0.722. The SMILES string of the molecule is C=CCn1ncc(NCCC(=O)N(CC)CC)c(Br)c1=O. The first-order valence-electron chi connectivity index (χ1n) is 6.93. The summed E-state index contributed by atoms with van der Waals surface area (Å²) in [6.07, 6.45) is 3.55. The van der Waals surface area contributed by atoms with E-state index in [1.807, 2.05) is 13.8 Å². The fraction of sp³-hybridized carbons (Fsp3) is 0.500. The fourth-order valence-corrected chi connectivity index (χ4v) is 2.33. The van der Waals surface area contributed by atoms with Gasteiger partial charge in [0.2, 0.25) is 5.91 Å². The monoisotopic (exact) mass is 356 g/mol. The van der Waals surface area contributed by atoms with Crippen LogP contribution in [0.1, 0.15) is 20.3 Å². The van der Waals surface area contributed by atoms with E-state index in [-0.39, 0.29) is 11.5 Å². The number of nitrogens with zero attached hydrogens (tertiary/aromatic N) is 3. The number of hydrogen-bond donors (Lipinski definition) is 1. The molecular weight excluding hydrogens is 336 g/mol. The summed E-state index contributed by atoms with van der Waals surface area (Å²) in [5, 5.41) is 7.10. The number of aromatic nitrogens is 2. The van der Waals surface area contributed by atoms with Gasteiger partial charge in [0.15, 0.2) is 0 Å². The summed E-state index contributed by atoms with van der Waals surface area (Å²) in [6.45, 7) is 9.72. The maximum Gasteiger partial charge on any atom is 0.283 e. The normalized spacial score (nSPS) is 10.2. The van der Waals surface area contributed by atoms with Crippen LogP contribution in [0.3, 0.4) is 0 Å². The summed E-state index contributed by atoms with van der Waals surface area (Å²) < 4.78 is 1.72. The number of halogens is 1. The first-order chi connectivity index (χ1) is 10.0. The average Bonchev–Trinajstić information content (AvgIpc) is 2.48. The molecule has 0 aliphatic carbocycles. The molecule has 1 rings (SSSR count). The molecule has 0 atom stereocenters. The van der Waals surface area contributed by atoms with Crippen LogP contribution in [0.2, 0.25) is 0 Å². The molecule has 1 N–H and O–H groups in total. The Hall–Kier alpha value is -1.63. The van der Waals surface area contributed by atoms with Crippen LogP contribution in [0.5, 0.6) is 0 Å². The minimum Gasteiger partial charge on any atom is -0.382 e. The summed E-state index contributed by atoms with van der Waals surface area (Å²) in [5.41, 5.74) is 0.364. The zero-order valence-electron chi connectivity index (χ0n) is 12.4. The van der Waals surface area contributed by atoms with E-state index in [1.165, 1.54) is 4.68 Å². The number of rotatable bonds is 8. The van der Waals surface area contributed by atoms with Crippen molar-refractivity contribution in [2.45, 2.75) is 26.8 Å². The Morgan fingerprint density at radius 1 is 1.52 bits per heavy atom. The minimum atomic E-state index is -0.227. The topological polar surface area (TPSA) is 67.2 Å². The molecule has 0 radical (unpaired) electrons. The van der Waals surface area contributed by atoms with E-state index in [9.17, 15) is 9.59 Å². The number of nitrogens with one attached hydrogen (secondary N) is 1.